The molecule has 2 atom stereocenters. The van der Waals surface area contributed by atoms with Crippen LogP contribution in [0.2, 0.25) is 0 Å². The van der Waals surface area contributed by atoms with Crippen LogP contribution in [0, 0.1) is 0 Å². The van der Waals surface area contributed by atoms with Crippen LogP contribution in [0.15, 0.2) is 0 Å². The number of sulfone groups is 1. The monoisotopic (exact) mass is 248 g/mol. The minimum absolute atomic E-state index is 0.402. The average molecular weight is 248 g/mol. The van der Waals surface area contributed by atoms with Crippen LogP contribution in [-0.2, 0) is 14.6 Å². The topological polar surface area (TPSA) is 75.3 Å². The second-order valence-electron chi connectivity index (χ2n) is 4.34. The minimum atomic E-state index is -3.28. The van der Waals surface area contributed by atoms with Gasteiger partial charge in [-0.2, -0.15) is 0 Å². The first-order valence-corrected chi connectivity index (χ1v) is 7.56. The van der Waals surface area contributed by atoms with Gasteiger partial charge in [-0.3, -0.25) is 4.79 Å². The largest absolute Gasteiger partial charge is 0.355 e. The van der Waals surface area contributed by atoms with Gasteiger partial charge in [0.15, 0.2) is 9.84 Å². The molecule has 1 heterocycles. The van der Waals surface area contributed by atoms with Crippen molar-refractivity contribution >= 4 is 15.7 Å². The van der Waals surface area contributed by atoms with Gasteiger partial charge in [-0.1, -0.05) is 0 Å². The molecule has 0 aromatic carbocycles. The first-order chi connectivity index (χ1) is 7.41. The number of rotatable bonds is 5. The highest BCUT2D eigenvalue weighted by atomic mass is 32.2. The van der Waals surface area contributed by atoms with E-state index in [2.05, 4.69) is 10.6 Å². The van der Waals surface area contributed by atoms with E-state index in [9.17, 15) is 13.2 Å². The predicted molar refractivity (Wildman–Crippen MR) is 63.0 cm³/mol. The molecule has 6 heteroatoms. The first kappa shape index (κ1) is 13.4. The van der Waals surface area contributed by atoms with Crippen LogP contribution in [0.25, 0.3) is 0 Å². The number of hydrogen-bond acceptors (Lipinski definition) is 4. The Hall–Kier alpha value is -0.620. The Morgan fingerprint density at radius 2 is 2.25 bits per heavy atom. The molecule has 5 nitrogen and oxygen atoms in total. The van der Waals surface area contributed by atoms with Crippen molar-refractivity contribution in [1.82, 2.24) is 10.6 Å². The van der Waals surface area contributed by atoms with Gasteiger partial charge in [0, 0.05) is 18.8 Å². The molecular formula is C10H20N2O3S. The summed E-state index contributed by atoms with van der Waals surface area (Å²) < 4.78 is 22.2. The van der Waals surface area contributed by atoms with E-state index in [0.29, 0.717) is 12.6 Å². The summed E-state index contributed by atoms with van der Waals surface area (Å²) in [6.45, 7) is 2.99. The molecule has 1 amide bonds. The van der Waals surface area contributed by atoms with Crippen molar-refractivity contribution in [3.05, 3.63) is 0 Å². The quantitative estimate of drug-likeness (QED) is 0.699. The van der Waals surface area contributed by atoms with Crippen LogP contribution in [0.3, 0.4) is 0 Å². The third kappa shape index (κ3) is 4.09. The molecule has 1 fully saturated rings. The van der Waals surface area contributed by atoms with Gasteiger partial charge >= 0.3 is 0 Å². The standard InChI is InChI=1S/C10H20N2O3S/c1-8(16(2,14)15)10(13)12-7-5-9-4-3-6-11-9/h8-9,11H,3-7H2,1-2H3,(H,12,13)/t8?,9-/m0/s1. The van der Waals surface area contributed by atoms with Crippen LogP contribution in [0.1, 0.15) is 26.2 Å². The lowest BCUT2D eigenvalue weighted by atomic mass is 10.1. The van der Waals surface area contributed by atoms with Crippen molar-refractivity contribution in [2.75, 3.05) is 19.3 Å². The minimum Gasteiger partial charge on any atom is -0.355 e. The smallest absolute Gasteiger partial charge is 0.238 e. The van der Waals surface area contributed by atoms with Crippen molar-refractivity contribution in [2.24, 2.45) is 0 Å². The van der Waals surface area contributed by atoms with E-state index in [-0.39, 0.29) is 0 Å². The highest BCUT2D eigenvalue weighted by Crippen LogP contribution is 2.07. The van der Waals surface area contributed by atoms with E-state index in [0.717, 1.165) is 25.6 Å². The van der Waals surface area contributed by atoms with Gasteiger partial charge in [-0.15, -0.1) is 0 Å². The third-order valence-corrected chi connectivity index (χ3v) is 4.46. The van der Waals surface area contributed by atoms with E-state index >= 15 is 0 Å². The van der Waals surface area contributed by atoms with Crippen molar-refractivity contribution in [3.8, 4) is 0 Å². The normalized spacial score (nSPS) is 23.0. The van der Waals surface area contributed by atoms with Gasteiger partial charge in [-0.05, 0) is 32.7 Å². The molecule has 0 bridgehead atoms. The fourth-order valence-electron chi connectivity index (χ4n) is 1.71. The Bertz CT molecular complexity index is 334. The molecule has 0 saturated carbocycles. The van der Waals surface area contributed by atoms with Crippen LogP contribution in [0.4, 0.5) is 0 Å². The Balaban J connectivity index is 2.24. The molecule has 0 aliphatic carbocycles. The number of carbonyl (C=O) groups is 1. The van der Waals surface area contributed by atoms with Gasteiger partial charge < -0.3 is 10.6 Å². The summed E-state index contributed by atoms with van der Waals surface area (Å²) in [7, 11) is -3.28. The van der Waals surface area contributed by atoms with Crippen molar-refractivity contribution < 1.29 is 13.2 Å². The van der Waals surface area contributed by atoms with Gasteiger partial charge in [0.2, 0.25) is 5.91 Å². The zero-order chi connectivity index (χ0) is 12.2. The molecule has 0 aromatic rings. The zero-order valence-corrected chi connectivity index (χ0v) is 10.6. The Morgan fingerprint density at radius 1 is 1.56 bits per heavy atom. The molecule has 0 spiro atoms. The maximum Gasteiger partial charge on any atom is 0.238 e. The third-order valence-electron chi connectivity index (χ3n) is 2.97. The van der Waals surface area contributed by atoms with Gasteiger partial charge in [0.1, 0.15) is 5.25 Å². The van der Waals surface area contributed by atoms with Gasteiger partial charge in [-0.25, -0.2) is 8.42 Å². The zero-order valence-electron chi connectivity index (χ0n) is 9.82. The highest BCUT2D eigenvalue weighted by molar-refractivity contribution is 7.92. The van der Waals surface area contributed by atoms with E-state index in [1.54, 1.807) is 0 Å². The summed E-state index contributed by atoms with van der Waals surface area (Å²) in [5.74, 6) is -0.402. The molecule has 94 valence electrons. The molecule has 1 aliphatic heterocycles. The number of nitrogens with one attached hydrogen (secondary N) is 2. The van der Waals surface area contributed by atoms with Crippen LogP contribution < -0.4 is 10.6 Å². The van der Waals surface area contributed by atoms with Crippen LogP contribution in [0.5, 0.6) is 0 Å². The summed E-state index contributed by atoms with van der Waals surface area (Å²) >= 11 is 0. The number of carbonyl (C=O) groups excluding carboxylic acids is 1. The number of hydrogen-bond donors (Lipinski definition) is 2. The van der Waals surface area contributed by atoms with Gasteiger partial charge in [0.05, 0.1) is 0 Å². The summed E-state index contributed by atoms with van der Waals surface area (Å²) in [6, 6.07) is 0.467. The van der Waals surface area contributed by atoms with Crippen molar-refractivity contribution in [2.45, 2.75) is 37.5 Å². The van der Waals surface area contributed by atoms with E-state index in [1.165, 1.54) is 13.3 Å². The molecule has 1 unspecified atom stereocenters. The molecule has 1 rings (SSSR count). The first-order valence-electron chi connectivity index (χ1n) is 5.61. The van der Waals surface area contributed by atoms with Crippen molar-refractivity contribution in [3.63, 3.8) is 0 Å². The highest BCUT2D eigenvalue weighted by Gasteiger charge is 2.23. The van der Waals surface area contributed by atoms with Crippen LogP contribution >= 0.6 is 0 Å². The lowest BCUT2D eigenvalue weighted by Gasteiger charge is -2.13. The predicted octanol–water partition coefficient (Wildman–Crippen LogP) is -0.322. The summed E-state index contributed by atoms with van der Waals surface area (Å²) in [6.07, 6.45) is 4.26. The maximum absolute atomic E-state index is 11.5. The van der Waals surface area contributed by atoms with Crippen LogP contribution in [-0.4, -0.2) is 45.0 Å². The second kappa shape index (κ2) is 5.63. The Kier molecular flexibility index (Phi) is 4.73. The van der Waals surface area contributed by atoms with E-state index < -0.39 is 21.0 Å². The van der Waals surface area contributed by atoms with Gasteiger partial charge in [0.25, 0.3) is 0 Å². The molecule has 0 aromatic heterocycles. The SMILES string of the molecule is CC(C(=O)NCC[C@@H]1CCCN1)S(C)(=O)=O. The second-order valence-corrected chi connectivity index (χ2v) is 6.71. The molecule has 16 heavy (non-hydrogen) atoms. The lowest BCUT2D eigenvalue weighted by molar-refractivity contribution is -0.120. The van der Waals surface area contributed by atoms with E-state index in [4.69, 9.17) is 0 Å². The summed E-state index contributed by atoms with van der Waals surface area (Å²) in [4.78, 5) is 11.5. The molecule has 1 saturated heterocycles. The summed E-state index contributed by atoms with van der Waals surface area (Å²) in [5.41, 5.74) is 0. The lowest BCUT2D eigenvalue weighted by Crippen LogP contribution is -2.39. The molecule has 2 N–H and O–H groups in total. The van der Waals surface area contributed by atoms with Crippen molar-refractivity contribution in [1.29, 1.82) is 0 Å². The fraction of sp³-hybridized carbons (Fsp3) is 0.900. The fourth-order valence-corrected chi connectivity index (χ4v) is 2.18. The van der Waals surface area contributed by atoms with E-state index in [1.807, 2.05) is 0 Å². The average Bonchev–Trinajstić information content (AvgIpc) is 2.67. The molecular weight excluding hydrogens is 228 g/mol. The molecule has 1 aliphatic rings. The Labute approximate surface area is 96.9 Å². The number of amides is 1. The molecule has 0 radical (unpaired) electrons. The maximum atomic E-state index is 11.5. The summed E-state index contributed by atoms with van der Waals surface area (Å²) in [5, 5.41) is 5.02. The Morgan fingerprint density at radius 3 is 2.75 bits per heavy atom.